The SMILES string of the molecule is COc1cc(NC(=O)c2ccccc2)c(C)cc1NS(=O)(=O)c1cc(Cl)ccc1Cl. The summed E-state index contributed by atoms with van der Waals surface area (Å²) in [4.78, 5) is 12.3. The molecule has 30 heavy (non-hydrogen) atoms. The van der Waals surface area contributed by atoms with Gasteiger partial charge in [-0.2, -0.15) is 0 Å². The molecule has 0 spiro atoms. The van der Waals surface area contributed by atoms with E-state index >= 15 is 0 Å². The summed E-state index contributed by atoms with van der Waals surface area (Å²) in [5, 5.41) is 3.08. The summed E-state index contributed by atoms with van der Waals surface area (Å²) in [6.45, 7) is 1.74. The molecule has 0 bridgehead atoms. The molecule has 0 saturated heterocycles. The molecule has 2 N–H and O–H groups in total. The van der Waals surface area contributed by atoms with Crippen molar-refractivity contribution in [2.24, 2.45) is 0 Å². The average molecular weight is 465 g/mol. The normalized spacial score (nSPS) is 11.1. The first-order valence-corrected chi connectivity index (χ1v) is 11.0. The fraction of sp³-hybridized carbons (Fsp3) is 0.0952. The highest BCUT2D eigenvalue weighted by Gasteiger charge is 2.21. The van der Waals surface area contributed by atoms with E-state index in [0.29, 0.717) is 16.8 Å². The summed E-state index contributed by atoms with van der Waals surface area (Å²) in [7, 11) is -2.63. The molecule has 0 aromatic heterocycles. The van der Waals surface area contributed by atoms with Gasteiger partial charge in [0.15, 0.2) is 0 Å². The minimum Gasteiger partial charge on any atom is -0.494 e. The molecule has 156 valence electrons. The number of halogens is 2. The number of aryl methyl sites for hydroxylation is 1. The third-order valence-electron chi connectivity index (χ3n) is 4.26. The Morgan fingerprint density at radius 2 is 1.67 bits per heavy atom. The molecule has 0 aliphatic carbocycles. The lowest BCUT2D eigenvalue weighted by molar-refractivity contribution is 0.102. The Morgan fingerprint density at radius 3 is 2.33 bits per heavy atom. The van der Waals surface area contributed by atoms with Crippen LogP contribution in [0.4, 0.5) is 11.4 Å². The Hall–Kier alpha value is -2.74. The zero-order valence-corrected chi connectivity index (χ0v) is 18.4. The van der Waals surface area contributed by atoms with Gasteiger partial charge in [-0.1, -0.05) is 41.4 Å². The van der Waals surface area contributed by atoms with Gasteiger partial charge in [0.1, 0.15) is 10.6 Å². The van der Waals surface area contributed by atoms with Crippen LogP contribution < -0.4 is 14.8 Å². The molecule has 3 aromatic rings. The summed E-state index contributed by atoms with van der Waals surface area (Å²) in [6.07, 6.45) is 0. The predicted octanol–water partition coefficient (Wildman–Crippen LogP) is 5.36. The van der Waals surface area contributed by atoms with Crippen LogP contribution in [0.3, 0.4) is 0 Å². The van der Waals surface area contributed by atoms with Crippen LogP contribution in [0.25, 0.3) is 0 Å². The lowest BCUT2D eigenvalue weighted by atomic mass is 10.1. The van der Waals surface area contributed by atoms with Crippen molar-refractivity contribution in [2.45, 2.75) is 11.8 Å². The lowest BCUT2D eigenvalue weighted by Crippen LogP contribution is -2.16. The van der Waals surface area contributed by atoms with Crippen molar-refractivity contribution < 1.29 is 17.9 Å². The van der Waals surface area contributed by atoms with Crippen molar-refractivity contribution in [1.29, 1.82) is 0 Å². The topological polar surface area (TPSA) is 84.5 Å². The van der Waals surface area contributed by atoms with Crippen molar-refractivity contribution in [1.82, 2.24) is 0 Å². The standard InChI is InChI=1S/C21H18Cl2N2O4S/c1-13-10-18(25-30(27,28)20-11-15(22)8-9-16(20)23)19(29-2)12-17(13)24-21(26)14-6-4-3-5-7-14/h3-12,25H,1-2H3,(H,24,26). The molecule has 0 saturated carbocycles. The van der Waals surface area contributed by atoms with E-state index in [9.17, 15) is 13.2 Å². The first-order valence-electron chi connectivity index (χ1n) is 8.74. The Balaban J connectivity index is 1.92. The lowest BCUT2D eigenvalue weighted by Gasteiger charge is -2.16. The number of methoxy groups -OCH3 is 1. The third-order valence-corrected chi connectivity index (χ3v) is 6.34. The molecule has 9 heteroatoms. The van der Waals surface area contributed by atoms with Crippen LogP contribution in [0.2, 0.25) is 10.0 Å². The molecule has 0 fully saturated rings. The number of rotatable bonds is 6. The van der Waals surface area contributed by atoms with Crippen molar-refractivity contribution in [3.63, 3.8) is 0 Å². The maximum Gasteiger partial charge on any atom is 0.263 e. The fourth-order valence-corrected chi connectivity index (χ4v) is 4.56. The summed E-state index contributed by atoms with van der Waals surface area (Å²) < 4.78 is 33.4. The smallest absolute Gasteiger partial charge is 0.263 e. The van der Waals surface area contributed by atoms with Crippen LogP contribution in [0.1, 0.15) is 15.9 Å². The van der Waals surface area contributed by atoms with Crippen LogP contribution in [-0.4, -0.2) is 21.4 Å². The van der Waals surface area contributed by atoms with E-state index in [0.717, 1.165) is 0 Å². The van der Waals surface area contributed by atoms with Crippen molar-refractivity contribution in [3.05, 3.63) is 81.8 Å². The number of hydrogen-bond donors (Lipinski definition) is 2. The van der Waals surface area contributed by atoms with Crippen molar-refractivity contribution in [3.8, 4) is 5.75 Å². The Kier molecular flexibility index (Phi) is 6.55. The second kappa shape index (κ2) is 8.95. The number of amides is 1. The van der Waals surface area contributed by atoms with E-state index in [-0.39, 0.29) is 32.3 Å². The second-order valence-electron chi connectivity index (χ2n) is 6.37. The van der Waals surface area contributed by atoms with Gasteiger partial charge in [-0.15, -0.1) is 0 Å². The number of carbonyl (C=O) groups is 1. The molecule has 0 aliphatic heterocycles. The highest BCUT2D eigenvalue weighted by molar-refractivity contribution is 7.92. The second-order valence-corrected chi connectivity index (χ2v) is 8.86. The van der Waals surface area contributed by atoms with E-state index < -0.39 is 10.0 Å². The Labute approximate surface area is 184 Å². The number of benzene rings is 3. The van der Waals surface area contributed by atoms with Crippen LogP contribution in [0, 0.1) is 6.92 Å². The van der Waals surface area contributed by atoms with Gasteiger partial charge in [0.05, 0.1) is 17.8 Å². The fourth-order valence-electron chi connectivity index (χ4n) is 2.74. The van der Waals surface area contributed by atoms with Crippen molar-refractivity contribution >= 4 is 50.5 Å². The molecule has 3 aromatic carbocycles. The maximum atomic E-state index is 12.8. The number of hydrogen-bond acceptors (Lipinski definition) is 4. The van der Waals surface area contributed by atoms with Gasteiger partial charge in [0, 0.05) is 22.3 Å². The zero-order valence-electron chi connectivity index (χ0n) is 16.1. The van der Waals surface area contributed by atoms with Gasteiger partial charge in [-0.25, -0.2) is 8.42 Å². The Morgan fingerprint density at radius 1 is 0.967 bits per heavy atom. The zero-order chi connectivity index (χ0) is 21.9. The van der Waals surface area contributed by atoms with Gasteiger partial charge in [0.2, 0.25) is 0 Å². The number of ether oxygens (including phenoxy) is 1. The first-order chi connectivity index (χ1) is 14.2. The molecular weight excluding hydrogens is 447 g/mol. The van der Waals surface area contributed by atoms with Gasteiger partial charge < -0.3 is 10.1 Å². The maximum absolute atomic E-state index is 12.8. The van der Waals surface area contributed by atoms with E-state index in [1.807, 2.05) is 6.07 Å². The van der Waals surface area contributed by atoms with Gasteiger partial charge in [0.25, 0.3) is 15.9 Å². The van der Waals surface area contributed by atoms with E-state index in [1.54, 1.807) is 43.3 Å². The molecule has 0 radical (unpaired) electrons. The van der Waals surface area contributed by atoms with Crippen LogP contribution >= 0.6 is 23.2 Å². The van der Waals surface area contributed by atoms with E-state index in [2.05, 4.69) is 10.0 Å². The molecule has 1 amide bonds. The molecule has 6 nitrogen and oxygen atoms in total. The highest BCUT2D eigenvalue weighted by Crippen LogP contribution is 2.34. The molecule has 0 heterocycles. The van der Waals surface area contributed by atoms with Gasteiger partial charge in [-0.05, 0) is 48.9 Å². The summed E-state index contributed by atoms with van der Waals surface area (Å²) in [5.74, 6) is -0.0644. The molecule has 0 aliphatic rings. The number of nitrogens with one attached hydrogen (secondary N) is 2. The average Bonchev–Trinajstić information content (AvgIpc) is 2.72. The summed E-state index contributed by atoms with van der Waals surface area (Å²) in [6, 6.07) is 16.0. The number of carbonyl (C=O) groups excluding carboxylic acids is 1. The van der Waals surface area contributed by atoms with E-state index in [1.165, 1.54) is 25.3 Å². The molecule has 0 atom stereocenters. The molecular formula is C21H18Cl2N2O4S. The van der Waals surface area contributed by atoms with Crippen LogP contribution in [0.15, 0.2) is 65.6 Å². The van der Waals surface area contributed by atoms with Gasteiger partial charge >= 0.3 is 0 Å². The van der Waals surface area contributed by atoms with Crippen molar-refractivity contribution in [2.75, 3.05) is 17.1 Å². The summed E-state index contributed by atoms with van der Waals surface area (Å²) >= 11 is 11.9. The number of anilines is 2. The van der Waals surface area contributed by atoms with Crippen LogP contribution in [-0.2, 0) is 10.0 Å². The number of sulfonamides is 1. The third kappa shape index (κ3) is 4.87. The quantitative estimate of drug-likeness (QED) is 0.513. The van der Waals surface area contributed by atoms with E-state index in [4.69, 9.17) is 27.9 Å². The largest absolute Gasteiger partial charge is 0.494 e. The highest BCUT2D eigenvalue weighted by atomic mass is 35.5. The first kappa shape index (κ1) is 22.0. The minimum absolute atomic E-state index is 0.0364. The monoisotopic (exact) mass is 464 g/mol. The van der Waals surface area contributed by atoms with Crippen LogP contribution in [0.5, 0.6) is 5.75 Å². The summed E-state index contributed by atoms with van der Waals surface area (Å²) in [5.41, 5.74) is 1.82. The Bertz CT molecular complexity index is 1200. The predicted molar refractivity (Wildman–Crippen MR) is 119 cm³/mol. The molecule has 3 rings (SSSR count). The van der Waals surface area contributed by atoms with Gasteiger partial charge in [-0.3, -0.25) is 9.52 Å². The minimum atomic E-state index is -4.03. The molecule has 0 unspecified atom stereocenters.